The van der Waals surface area contributed by atoms with Crippen LogP contribution >= 0.6 is 0 Å². The summed E-state index contributed by atoms with van der Waals surface area (Å²) >= 11 is 1.95. The van der Waals surface area contributed by atoms with Crippen LogP contribution in [0.3, 0.4) is 0 Å². The monoisotopic (exact) mass is 304 g/mol. The van der Waals surface area contributed by atoms with E-state index in [1.807, 2.05) is 45.6 Å². The Hall–Kier alpha value is 1.45. The maximum absolute atomic E-state index is 10.6. The van der Waals surface area contributed by atoms with Crippen molar-refractivity contribution in [2.75, 3.05) is 0 Å². The summed E-state index contributed by atoms with van der Waals surface area (Å²) in [7, 11) is -3.46. The van der Waals surface area contributed by atoms with E-state index in [2.05, 4.69) is 4.18 Å². The van der Waals surface area contributed by atoms with E-state index in [9.17, 15) is 8.76 Å². The molecule has 72 valence electrons. The van der Waals surface area contributed by atoms with Crippen molar-refractivity contribution in [2.45, 2.75) is 13.5 Å². The zero-order chi connectivity index (χ0) is 9.90. The van der Waals surface area contributed by atoms with Crippen LogP contribution in [-0.2, 0) is 19.2 Å². The summed E-state index contributed by atoms with van der Waals surface area (Å²) in [5, 5.41) is 0. The molecule has 0 aliphatic carbocycles. The normalized spacial score (nSPS) is 14.1. The first-order valence-corrected chi connectivity index (χ1v) is 7.06. The second-order valence-corrected chi connectivity index (χ2v) is 6.28. The first-order valence-electron chi connectivity index (χ1n) is 3.63. The fourth-order valence-corrected chi connectivity index (χ4v) is 1.41. The molecule has 0 radical (unpaired) electrons. The topological polar surface area (TPSA) is 49.4 Å². The van der Waals surface area contributed by atoms with Crippen LogP contribution in [0.4, 0.5) is 0 Å². The SMILES string of the molecule is Cc1ccc(COS(=O)([O-])=[Se])cc1.[K+]. The van der Waals surface area contributed by atoms with Crippen LogP contribution in [0.2, 0.25) is 0 Å². The van der Waals surface area contributed by atoms with Gasteiger partial charge in [-0.3, -0.25) is 0 Å². The van der Waals surface area contributed by atoms with E-state index < -0.39 is 8.42 Å². The molecular weight excluding hydrogens is 294 g/mol. The molecule has 0 heterocycles. The predicted octanol–water partition coefficient (Wildman–Crippen LogP) is -2.07. The molecule has 1 aromatic rings. The van der Waals surface area contributed by atoms with Crippen LogP contribution in [0.5, 0.6) is 0 Å². The molecule has 0 saturated heterocycles. The fourth-order valence-electron chi connectivity index (χ4n) is 0.825. The zero-order valence-electron chi connectivity index (χ0n) is 8.06. The van der Waals surface area contributed by atoms with Crippen molar-refractivity contribution in [3.63, 3.8) is 0 Å². The Morgan fingerprint density at radius 2 is 1.93 bits per heavy atom. The van der Waals surface area contributed by atoms with Gasteiger partial charge in [0.1, 0.15) is 0 Å². The third kappa shape index (κ3) is 6.84. The van der Waals surface area contributed by atoms with E-state index >= 15 is 0 Å². The average Bonchev–Trinajstić information content (AvgIpc) is 2.02. The van der Waals surface area contributed by atoms with Crippen LogP contribution in [-0.4, -0.2) is 23.1 Å². The molecule has 1 atom stereocenters. The molecule has 0 bridgehead atoms. The van der Waals surface area contributed by atoms with Gasteiger partial charge in [-0.1, -0.05) is 0 Å². The van der Waals surface area contributed by atoms with Crippen molar-refractivity contribution >= 4 is 22.8 Å². The summed E-state index contributed by atoms with van der Waals surface area (Å²) in [4.78, 5) is 0. The van der Waals surface area contributed by atoms with Crippen molar-refractivity contribution in [1.29, 1.82) is 0 Å². The van der Waals surface area contributed by atoms with Crippen molar-refractivity contribution in [3.05, 3.63) is 35.4 Å². The Labute approximate surface area is 134 Å². The molecule has 6 heteroatoms. The molecular formula is C8H9KO3SSe. The summed E-state index contributed by atoms with van der Waals surface area (Å²) in [5.41, 5.74) is 1.97. The third-order valence-electron chi connectivity index (χ3n) is 1.49. The fraction of sp³-hybridized carbons (Fsp3) is 0.250. The van der Waals surface area contributed by atoms with E-state index in [1.54, 1.807) is 0 Å². The second-order valence-electron chi connectivity index (χ2n) is 2.66. The number of benzene rings is 1. The van der Waals surface area contributed by atoms with E-state index in [4.69, 9.17) is 0 Å². The molecule has 1 rings (SSSR count). The van der Waals surface area contributed by atoms with Crippen LogP contribution in [0.15, 0.2) is 24.3 Å². The average molecular weight is 303 g/mol. The molecule has 0 saturated carbocycles. The number of rotatable bonds is 3. The van der Waals surface area contributed by atoms with Gasteiger partial charge < -0.3 is 0 Å². The summed E-state index contributed by atoms with van der Waals surface area (Å²) in [6.45, 7) is 2.05. The van der Waals surface area contributed by atoms with E-state index in [0.717, 1.165) is 11.1 Å². The summed E-state index contributed by atoms with van der Waals surface area (Å²) in [5.74, 6) is 0. The number of aryl methyl sites for hydroxylation is 1. The molecule has 0 N–H and O–H groups in total. The number of hydrogen-bond donors (Lipinski definition) is 0. The quantitative estimate of drug-likeness (QED) is 0.603. The van der Waals surface area contributed by atoms with E-state index in [1.165, 1.54) is 0 Å². The smallest absolute Gasteiger partial charge is 1.00 e. The second kappa shape index (κ2) is 6.91. The molecule has 3 nitrogen and oxygen atoms in total. The largest absolute Gasteiger partial charge is 1.00 e. The third-order valence-corrected chi connectivity index (χ3v) is 2.50. The van der Waals surface area contributed by atoms with E-state index in [-0.39, 0.29) is 58.0 Å². The van der Waals surface area contributed by atoms with E-state index in [0.29, 0.717) is 0 Å². The standard InChI is InChI=1S/C8H10O3SSe.K/c1-7-2-4-8(5-3-7)6-11-12(9,10)13;/h2-5H,6H2,1H3,(H,9,10,13);/q;+1/p-1. The summed E-state index contributed by atoms with van der Waals surface area (Å²) in [6, 6.07) is 7.48. The van der Waals surface area contributed by atoms with Crippen LogP contribution in [0, 0.1) is 6.92 Å². The van der Waals surface area contributed by atoms with Gasteiger partial charge in [0.15, 0.2) is 0 Å². The molecule has 14 heavy (non-hydrogen) atoms. The van der Waals surface area contributed by atoms with Crippen molar-refractivity contribution < 1.29 is 64.3 Å². The minimum atomic E-state index is -3.46. The Balaban J connectivity index is 0.00000169. The molecule has 1 unspecified atom stereocenters. The molecule has 0 aliphatic rings. The summed E-state index contributed by atoms with van der Waals surface area (Å²) < 4.78 is 25.8. The first kappa shape index (κ1) is 15.4. The molecule has 0 fully saturated rings. The van der Waals surface area contributed by atoms with Gasteiger partial charge >= 0.3 is 136 Å². The van der Waals surface area contributed by atoms with Gasteiger partial charge in [0.25, 0.3) is 0 Å². The van der Waals surface area contributed by atoms with Gasteiger partial charge in [-0.15, -0.1) is 0 Å². The van der Waals surface area contributed by atoms with Crippen LogP contribution < -0.4 is 51.4 Å². The van der Waals surface area contributed by atoms with Gasteiger partial charge in [-0.25, -0.2) is 0 Å². The predicted molar refractivity (Wildman–Crippen MR) is 50.6 cm³/mol. The van der Waals surface area contributed by atoms with Gasteiger partial charge in [0.05, 0.1) is 0 Å². The zero-order valence-corrected chi connectivity index (χ0v) is 13.7. The molecule has 0 spiro atoms. The van der Waals surface area contributed by atoms with Gasteiger partial charge in [0.2, 0.25) is 0 Å². The first-order chi connectivity index (χ1) is 5.97. The maximum atomic E-state index is 10.6. The van der Waals surface area contributed by atoms with Crippen molar-refractivity contribution in [1.82, 2.24) is 0 Å². The van der Waals surface area contributed by atoms with Crippen LogP contribution in [0.1, 0.15) is 11.1 Å². The van der Waals surface area contributed by atoms with Crippen molar-refractivity contribution in [3.8, 4) is 0 Å². The van der Waals surface area contributed by atoms with Gasteiger partial charge in [-0.05, 0) is 0 Å². The Morgan fingerprint density at radius 3 is 2.36 bits per heavy atom. The maximum Gasteiger partial charge on any atom is 1.00 e. The molecule has 0 amide bonds. The molecule has 0 aromatic heterocycles. The Kier molecular flexibility index (Phi) is 7.62. The Morgan fingerprint density at radius 1 is 1.43 bits per heavy atom. The van der Waals surface area contributed by atoms with Gasteiger partial charge in [0, 0.05) is 0 Å². The summed E-state index contributed by atoms with van der Waals surface area (Å²) in [6.07, 6.45) is 0. The van der Waals surface area contributed by atoms with Crippen molar-refractivity contribution in [2.24, 2.45) is 0 Å². The number of hydrogen-bond acceptors (Lipinski definition) is 3. The molecule has 1 aromatic carbocycles. The minimum absolute atomic E-state index is 0. The Bertz CT molecular complexity index is 374. The minimum Gasteiger partial charge on any atom is 1.00 e. The van der Waals surface area contributed by atoms with Crippen LogP contribution in [0.25, 0.3) is 0 Å². The molecule has 0 aliphatic heterocycles. The van der Waals surface area contributed by atoms with Gasteiger partial charge in [-0.2, -0.15) is 0 Å².